The molecule has 0 bridgehead atoms. The molecule has 0 aliphatic carbocycles. The van der Waals surface area contributed by atoms with Crippen molar-refractivity contribution in [1.29, 1.82) is 0 Å². The van der Waals surface area contributed by atoms with Crippen LogP contribution >= 0.6 is 0 Å². The highest BCUT2D eigenvalue weighted by atomic mass is 16.5. The number of aliphatic hydroxyl groups is 1. The molecule has 2 aromatic rings. The van der Waals surface area contributed by atoms with E-state index in [4.69, 9.17) is 14.5 Å². The number of para-hydroxylation sites is 1. The van der Waals surface area contributed by atoms with Crippen molar-refractivity contribution >= 4 is 5.82 Å². The highest BCUT2D eigenvalue weighted by molar-refractivity contribution is 5.54. The fraction of sp³-hybridized carbons (Fsp3) is 0.474. The first-order valence-electron chi connectivity index (χ1n) is 8.75. The van der Waals surface area contributed by atoms with Gasteiger partial charge < -0.3 is 19.5 Å². The van der Waals surface area contributed by atoms with Gasteiger partial charge in [0.25, 0.3) is 0 Å². The lowest BCUT2D eigenvalue weighted by Crippen LogP contribution is -2.33. The fourth-order valence-electron chi connectivity index (χ4n) is 3.51. The summed E-state index contributed by atoms with van der Waals surface area (Å²) >= 11 is 0. The van der Waals surface area contributed by atoms with Crippen LogP contribution < -0.4 is 9.64 Å². The average Bonchev–Trinajstić information content (AvgIpc) is 2.97. The highest BCUT2D eigenvalue weighted by Gasteiger charge is 2.26. The van der Waals surface area contributed by atoms with Crippen molar-refractivity contribution in [3.63, 3.8) is 0 Å². The van der Waals surface area contributed by atoms with Gasteiger partial charge in [0.05, 0.1) is 18.9 Å². The Labute approximate surface area is 147 Å². The number of aliphatic hydroxyl groups excluding tert-OH is 1. The molecule has 2 aliphatic heterocycles. The van der Waals surface area contributed by atoms with Gasteiger partial charge in [-0.15, -0.1) is 0 Å². The maximum absolute atomic E-state index is 9.59. The quantitative estimate of drug-likeness (QED) is 0.897. The first kappa shape index (κ1) is 16.3. The standard InChI is InChI=1S/C19H23N3O3/c1-13-20-17-12-25-18-5-3-2-4-15(18)8-16(17)19(21-13)22-6-7-24-11-14(9-22)10-23/h2-5,14,23H,6-12H2,1H3/t14-/m1/s1. The first-order chi connectivity index (χ1) is 12.2. The van der Waals surface area contributed by atoms with Crippen molar-refractivity contribution < 1.29 is 14.6 Å². The van der Waals surface area contributed by atoms with Crippen LogP contribution in [-0.4, -0.2) is 48.0 Å². The molecule has 0 spiro atoms. The number of aryl methyl sites for hydroxylation is 1. The fourth-order valence-corrected chi connectivity index (χ4v) is 3.51. The van der Waals surface area contributed by atoms with Crippen LogP contribution in [0.5, 0.6) is 5.75 Å². The molecule has 25 heavy (non-hydrogen) atoms. The maximum atomic E-state index is 9.59. The van der Waals surface area contributed by atoms with Crippen LogP contribution in [0, 0.1) is 12.8 Å². The third kappa shape index (κ3) is 3.32. The summed E-state index contributed by atoms with van der Waals surface area (Å²) in [5, 5.41) is 9.59. The first-order valence-corrected chi connectivity index (χ1v) is 8.75. The lowest BCUT2D eigenvalue weighted by molar-refractivity contribution is 0.0959. The van der Waals surface area contributed by atoms with E-state index in [1.807, 2.05) is 25.1 Å². The topological polar surface area (TPSA) is 67.7 Å². The van der Waals surface area contributed by atoms with Gasteiger partial charge in [-0.1, -0.05) is 18.2 Å². The number of ether oxygens (including phenoxy) is 2. The zero-order valence-electron chi connectivity index (χ0n) is 14.4. The summed E-state index contributed by atoms with van der Waals surface area (Å²) < 4.78 is 11.6. The van der Waals surface area contributed by atoms with Crippen LogP contribution in [0.2, 0.25) is 0 Å². The van der Waals surface area contributed by atoms with E-state index >= 15 is 0 Å². The number of aromatic nitrogens is 2. The number of anilines is 1. The van der Waals surface area contributed by atoms with Gasteiger partial charge >= 0.3 is 0 Å². The Morgan fingerprint density at radius 3 is 3.04 bits per heavy atom. The van der Waals surface area contributed by atoms with Gasteiger partial charge in [0.15, 0.2) is 0 Å². The van der Waals surface area contributed by atoms with Gasteiger partial charge in [-0.05, 0) is 18.6 Å². The van der Waals surface area contributed by atoms with Gasteiger partial charge in [-0.3, -0.25) is 0 Å². The minimum atomic E-state index is 0.0998. The highest BCUT2D eigenvalue weighted by Crippen LogP contribution is 2.32. The third-order valence-electron chi connectivity index (χ3n) is 4.78. The number of hydrogen-bond acceptors (Lipinski definition) is 6. The van der Waals surface area contributed by atoms with Crippen molar-refractivity contribution in [2.24, 2.45) is 5.92 Å². The van der Waals surface area contributed by atoms with E-state index in [-0.39, 0.29) is 12.5 Å². The molecule has 0 radical (unpaired) electrons. The molecule has 1 aromatic carbocycles. The van der Waals surface area contributed by atoms with Crippen LogP contribution in [0.4, 0.5) is 5.82 Å². The Morgan fingerprint density at radius 2 is 2.16 bits per heavy atom. The lowest BCUT2D eigenvalue weighted by Gasteiger charge is -2.26. The molecule has 0 saturated carbocycles. The van der Waals surface area contributed by atoms with Gasteiger partial charge in [0, 0.05) is 37.6 Å². The van der Waals surface area contributed by atoms with E-state index in [1.54, 1.807) is 0 Å². The zero-order chi connectivity index (χ0) is 17.2. The second kappa shape index (κ2) is 6.98. The van der Waals surface area contributed by atoms with Crippen molar-refractivity contribution in [2.75, 3.05) is 37.8 Å². The molecule has 2 aliphatic rings. The Bertz CT molecular complexity index is 766. The van der Waals surface area contributed by atoms with Crippen molar-refractivity contribution in [2.45, 2.75) is 20.0 Å². The van der Waals surface area contributed by atoms with E-state index < -0.39 is 0 Å². The predicted octanol–water partition coefficient (Wildman–Crippen LogP) is 1.71. The molecule has 1 atom stereocenters. The Hall–Kier alpha value is -2.18. The van der Waals surface area contributed by atoms with Crippen molar-refractivity contribution in [3.05, 3.63) is 46.9 Å². The van der Waals surface area contributed by atoms with Crippen LogP contribution in [-0.2, 0) is 17.8 Å². The predicted molar refractivity (Wildman–Crippen MR) is 94.0 cm³/mol. The number of fused-ring (bicyclic) bond motifs is 2. The SMILES string of the molecule is Cc1nc2c(c(N3CCOC[C@@H](CO)C3)n1)Cc1ccccc1OC2. The largest absolute Gasteiger partial charge is 0.487 e. The molecule has 1 N–H and O–H groups in total. The zero-order valence-corrected chi connectivity index (χ0v) is 14.4. The molecule has 0 unspecified atom stereocenters. The monoisotopic (exact) mass is 341 g/mol. The van der Waals surface area contributed by atoms with Gasteiger partial charge in [-0.2, -0.15) is 0 Å². The normalized spacial score (nSPS) is 20.1. The van der Waals surface area contributed by atoms with Crippen LogP contribution in [0.1, 0.15) is 22.6 Å². The third-order valence-corrected chi connectivity index (χ3v) is 4.78. The van der Waals surface area contributed by atoms with E-state index in [2.05, 4.69) is 16.0 Å². The minimum Gasteiger partial charge on any atom is -0.487 e. The number of rotatable bonds is 2. The molecule has 1 aromatic heterocycles. The molecule has 6 heteroatoms. The average molecular weight is 341 g/mol. The number of hydrogen-bond donors (Lipinski definition) is 1. The maximum Gasteiger partial charge on any atom is 0.136 e. The summed E-state index contributed by atoms with van der Waals surface area (Å²) in [6.45, 7) is 5.22. The smallest absolute Gasteiger partial charge is 0.136 e. The van der Waals surface area contributed by atoms with E-state index in [0.717, 1.165) is 53.7 Å². The molecule has 4 rings (SSSR count). The second-order valence-corrected chi connectivity index (χ2v) is 6.66. The molecule has 132 valence electrons. The Morgan fingerprint density at radius 1 is 1.28 bits per heavy atom. The van der Waals surface area contributed by atoms with E-state index in [1.165, 1.54) is 0 Å². The molecule has 3 heterocycles. The van der Waals surface area contributed by atoms with Crippen molar-refractivity contribution in [1.82, 2.24) is 9.97 Å². The second-order valence-electron chi connectivity index (χ2n) is 6.66. The molecule has 1 saturated heterocycles. The van der Waals surface area contributed by atoms with Crippen molar-refractivity contribution in [3.8, 4) is 5.75 Å². The summed E-state index contributed by atoms with van der Waals surface area (Å²) in [6, 6.07) is 8.12. The Balaban J connectivity index is 1.75. The molecular formula is C19H23N3O3. The Kier molecular flexibility index (Phi) is 4.55. The summed E-state index contributed by atoms with van der Waals surface area (Å²) in [6.07, 6.45) is 0.752. The lowest BCUT2D eigenvalue weighted by atomic mass is 10.0. The molecule has 0 amide bonds. The molecule has 1 fully saturated rings. The van der Waals surface area contributed by atoms with E-state index in [0.29, 0.717) is 19.8 Å². The summed E-state index contributed by atoms with van der Waals surface area (Å²) in [5.74, 6) is 2.71. The van der Waals surface area contributed by atoms with Gasteiger partial charge in [0.2, 0.25) is 0 Å². The minimum absolute atomic E-state index is 0.0998. The van der Waals surface area contributed by atoms with Gasteiger partial charge in [-0.25, -0.2) is 9.97 Å². The number of benzene rings is 1. The summed E-state index contributed by atoms with van der Waals surface area (Å²) in [4.78, 5) is 11.6. The molecular weight excluding hydrogens is 318 g/mol. The summed E-state index contributed by atoms with van der Waals surface area (Å²) in [7, 11) is 0. The van der Waals surface area contributed by atoms with E-state index in [9.17, 15) is 5.11 Å². The molecule has 6 nitrogen and oxygen atoms in total. The summed E-state index contributed by atoms with van der Waals surface area (Å²) in [5.41, 5.74) is 3.22. The van der Waals surface area contributed by atoms with Crippen LogP contribution in [0.3, 0.4) is 0 Å². The van der Waals surface area contributed by atoms with Crippen LogP contribution in [0.25, 0.3) is 0 Å². The number of nitrogens with zero attached hydrogens (tertiary/aromatic N) is 3. The van der Waals surface area contributed by atoms with Crippen LogP contribution in [0.15, 0.2) is 24.3 Å². The van der Waals surface area contributed by atoms with Gasteiger partial charge in [0.1, 0.15) is 24.0 Å².